The summed E-state index contributed by atoms with van der Waals surface area (Å²) < 4.78 is 31.7. The van der Waals surface area contributed by atoms with Crippen LogP contribution in [0, 0.1) is 0 Å². The Labute approximate surface area is 203 Å². The van der Waals surface area contributed by atoms with Gasteiger partial charge in [0.25, 0.3) is 11.8 Å². The first-order valence-electron chi connectivity index (χ1n) is 10.0. The van der Waals surface area contributed by atoms with E-state index >= 15 is 0 Å². The highest BCUT2D eigenvalue weighted by Gasteiger charge is 2.38. The van der Waals surface area contributed by atoms with E-state index < -0.39 is 18.2 Å². The van der Waals surface area contributed by atoms with Gasteiger partial charge in [-0.25, -0.2) is 4.79 Å². The van der Waals surface area contributed by atoms with Crippen LogP contribution in [-0.2, 0) is 16.1 Å². The topological polar surface area (TPSA) is 122 Å². The van der Waals surface area contributed by atoms with Crippen LogP contribution in [0.3, 0.4) is 0 Å². The summed E-state index contributed by atoms with van der Waals surface area (Å²) in [5.41, 5.74) is 8.21. The summed E-state index contributed by atoms with van der Waals surface area (Å²) in [7, 11) is 0. The van der Waals surface area contributed by atoms with Crippen molar-refractivity contribution in [3.63, 3.8) is 0 Å². The van der Waals surface area contributed by atoms with Crippen LogP contribution in [0.2, 0.25) is 5.02 Å². The molecule has 1 atom stereocenters. The third-order valence-corrected chi connectivity index (χ3v) is 4.70. The molecule has 0 spiro atoms. The van der Waals surface area contributed by atoms with Gasteiger partial charge in [-0.2, -0.15) is 13.2 Å². The van der Waals surface area contributed by atoms with Crippen molar-refractivity contribution < 1.29 is 32.7 Å². The highest BCUT2D eigenvalue weighted by atomic mass is 35.5. The third kappa shape index (κ3) is 8.76. The maximum absolute atomic E-state index is 12.9. The monoisotopic (exact) mass is 507 g/mol. The molecule has 0 aliphatic rings. The van der Waals surface area contributed by atoms with Gasteiger partial charge in [0.05, 0.1) is 0 Å². The third-order valence-electron chi connectivity index (χ3n) is 4.45. The molecule has 0 heterocycles. The van der Waals surface area contributed by atoms with Crippen LogP contribution in [-0.4, -0.2) is 29.1 Å². The standard InChI is InChI=1S/C22H20ClN3O2.C2HF3O2/c23-18-9-11-19(12-10-18)25-22(28)20(16-6-2-1-3-7-16)26-21(27)17-8-4-5-15(13-17)14-24;3-2(4,5)1(6)7/h1-13,20H,14,24H2,(H,25,28)(H,26,27);(H,6,7). The molecule has 3 aromatic rings. The van der Waals surface area contributed by atoms with Gasteiger partial charge in [-0.15, -0.1) is 0 Å². The molecule has 3 aromatic carbocycles. The number of benzene rings is 3. The Bertz CT molecular complexity index is 1160. The smallest absolute Gasteiger partial charge is 0.475 e. The van der Waals surface area contributed by atoms with Crippen LogP contribution in [0.15, 0.2) is 78.9 Å². The summed E-state index contributed by atoms with van der Waals surface area (Å²) in [6.45, 7) is 0.334. The molecule has 0 fully saturated rings. The normalized spacial score (nSPS) is 11.5. The summed E-state index contributed by atoms with van der Waals surface area (Å²) in [4.78, 5) is 34.6. The van der Waals surface area contributed by atoms with Gasteiger partial charge in [0.15, 0.2) is 0 Å². The summed E-state index contributed by atoms with van der Waals surface area (Å²) in [5, 5.41) is 13.3. The number of rotatable bonds is 6. The van der Waals surface area contributed by atoms with Gasteiger partial charge in [-0.3, -0.25) is 9.59 Å². The lowest BCUT2D eigenvalue weighted by Gasteiger charge is -2.19. The molecule has 1 unspecified atom stereocenters. The predicted molar refractivity (Wildman–Crippen MR) is 125 cm³/mol. The van der Waals surface area contributed by atoms with Crippen molar-refractivity contribution in [2.45, 2.75) is 18.8 Å². The predicted octanol–water partition coefficient (Wildman–Crippen LogP) is 4.54. The number of carbonyl (C=O) groups excluding carboxylic acids is 2. The molecule has 0 saturated carbocycles. The van der Waals surface area contributed by atoms with Crippen molar-refractivity contribution in [2.24, 2.45) is 5.73 Å². The van der Waals surface area contributed by atoms with E-state index in [-0.39, 0.29) is 11.8 Å². The number of carboxylic acid groups (broad SMARTS) is 1. The van der Waals surface area contributed by atoms with Crippen LogP contribution in [0.25, 0.3) is 0 Å². The maximum atomic E-state index is 12.9. The van der Waals surface area contributed by atoms with Gasteiger partial charge in [0.2, 0.25) is 0 Å². The molecule has 0 saturated heterocycles. The Balaban J connectivity index is 0.000000540. The van der Waals surface area contributed by atoms with Crippen LogP contribution in [0.5, 0.6) is 0 Å². The van der Waals surface area contributed by atoms with Crippen LogP contribution in [0.4, 0.5) is 18.9 Å². The molecule has 11 heteroatoms. The van der Waals surface area contributed by atoms with E-state index in [2.05, 4.69) is 10.6 Å². The summed E-state index contributed by atoms with van der Waals surface area (Å²) >= 11 is 5.89. The van der Waals surface area contributed by atoms with E-state index in [1.54, 1.807) is 54.6 Å². The number of hydrogen-bond acceptors (Lipinski definition) is 4. The number of carbonyl (C=O) groups is 3. The molecule has 3 rings (SSSR count). The van der Waals surface area contributed by atoms with Crippen molar-refractivity contribution in [3.8, 4) is 0 Å². The average molecular weight is 508 g/mol. The summed E-state index contributed by atoms with van der Waals surface area (Å²) in [6.07, 6.45) is -5.08. The molecule has 0 bridgehead atoms. The minimum absolute atomic E-state index is 0.334. The highest BCUT2D eigenvalue weighted by molar-refractivity contribution is 6.30. The van der Waals surface area contributed by atoms with Gasteiger partial charge < -0.3 is 21.5 Å². The van der Waals surface area contributed by atoms with Gasteiger partial charge >= 0.3 is 12.1 Å². The average Bonchev–Trinajstić information content (AvgIpc) is 2.84. The number of aliphatic carboxylic acids is 1. The fraction of sp³-hybridized carbons (Fsp3) is 0.125. The number of alkyl halides is 3. The van der Waals surface area contributed by atoms with Gasteiger partial charge in [-0.1, -0.05) is 54.1 Å². The van der Waals surface area contributed by atoms with E-state index in [1.165, 1.54) is 0 Å². The van der Waals surface area contributed by atoms with Crippen molar-refractivity contribution >= 4 is 35.1 Å². The van der Waals surface area contributed by atoms with Crippen molar-refractivity contribution in [1.29, 1.82) is 0 Å². The molecule has 35 heavy (non-hydrogen) atoms. The Morgan fingerprint density at radius 1 is 0.943 bits per heavy atom. The van der Waals surface area contributed by atoms with Gasteiger partial charge in [-0.05, 0) is 47.5 Å². The molecular formula is C24H21ClF3N3O4. The molecule has 0 radical (unpaired) electrons. The zero-order valence-corrected chi connectivity index (χ0v) is 18.8. The largest absolute Gasteiger partial charge is 0.490 e. The minimum Gasteiger partial charge on any atom is -0.475 e. The Kier molecular flexibility index (Phi) is 9.80. The van der Waals surface area contributed by atoms with E-state index in [1.807, 2.05) is 24.3 Å². The van der Waals surface area contributed by atoms with Gasteiger partial charge in [0, 0.05) is 22.8 Å². The second-order valence-corrected chi connectivity index (χ2v) is 7.46. The highest BCUT2D eigenvalue weighted by Crippen LogP contribution is 2.19. The quantitative estimate of drug-likeness (QED) is 0.390. The Hall–Kier alpha value is -3.89. The second kappa shape index (κ2) is 12.5. The van der Waals surface area contributed by atoms with E-state index in [0.717, 1.165) is 5.56 Å². The zero-order valence-electron chi connectivity index (χ0n) is 18.1. The van der Waals surface area contributed by atoms with Crippen LogP contribution >= 0.6 is 11.6 Å². The van der Waals surface area contributed by atoms with Crippen molar-refractivity contribution in [3.05, 3.63) is 101 Å². The van der Waals surface area contributed by atoms with Gasteiger partial charge in [0.1, 0.15) is 6.04 Å². The number of amides is 2. The van der Waals surface area contributed by atoms with E-state index in [9.17, 15) is 22.8 Å². The number of halogens is 4. The molecule has 0 aliphatic heterocycles. The van der Waals surface area contributed by atoms with E-state index in [4.69, 9.17) is 27.2 Å². The number of hydrogen-bond donors (Lipinski definition) is 4. The minimum atomic E-state index is -5.08. The maximum Gasteiger partial charge on any atom is 0.490 e. The number of nitrogens with two attached hydrogens (primary N) is 1. The molecule has 184 valence electrons. The Morgan fingerprint density at radius 3 is 2.09 bits per heavy atom. The first kappa shape index (κ1) is 27.4. The van der Waals surface area contributed by atoms with Crippen LogP contribution in [0.1, 0.15) is 27.5 Å². The lowest BCUT2D eigenvalue weighted by atomic mass is 10.0. The van der Waals surface area contributed by atoms with Crippen LogP contribution < -0.4 is 16.4 Å². The second-order valence-electron chi connectivity index (χ2n) is 7.02. The summed E-state index contributed by atoms with van der Waals surface area (Å²) in [5.74, 6) is -3.46. The SMILES string of the molecule is NCc1cccc(C(=O)NC(C(=O)Nc2ccc(Cl)cc2)c2ccccc2)c1.O=C(O)C(F)(F)F. The Morgan fingerprint density at radius 2 is 1.54 bits per heavy atom. The molecule has 0 aliphatic carbocycles. The van der Waals surface area contributed by atoms with E-state index in [0.29, 0.717) is 28.4 Å². The number of carboxylic acids is 1. The fourth-order valence-corrected chi connectivity index (χ4v) is 2.87. The lowest BCUT2D eigenvalue weighted by Crippen LogP contribution is -2.37. The first-order chi connectivity index (χ1) is 16.5. The molecule has 5 N–H and O–H groups in total. The number of anilines is 1. The summed E-state index contributed by atoms with van der Waals surface area (Å²) in [6, 6.07) is 22.0. The lowest BCUT2D eigenvalue weighted by molar-refractivity contribution is -0.192. The van der Waals surface area contributed by atoms with Crippen molar-refractivity contribution in [2.75, 3.05) is 5.32 Å². The molecule has 7 nitrogen and oxygen atoms in total. The zero-order chi connectivity index (χ0) is 26.0. The van der Waals surface area contributed by atoms with Crippen molar-refractivity contribution in [1.82, 2.24) is 5.32 Å². The fourth-order valence-electron chi connectivity index (χ4n) is 2.75. The molecule has 0 aromatic heterocycles. The first-order valence-corrected chi connectivity index (χ1v) is 10.4. The molecule has 2 amide bonds. The molecular weight excluding hydrogens is 487 g/mol. The number of nitrogens with one attached hydrogen (secondary N) is 2.